The number of rotatable bonds is 3. The Bertz CT molecular complexity index is 802. The number of thiophene rings is 1. The lowest BCUT2D eigenvalue weighted by Gasteiger charge is -2.29. The van der Waals surface area contributed by atoms with Gasteiger partial charge < -0.3 is 10.2 Å². The fraction of sp³-hybridized carbons (Fsp3) is 0.353. The molecular weight excluding hydrogens is 344 g/mol. The minimum Gasteiger partial charge on any atom is -0.326 e. The Morgan fingerprint density at radius 1 is 1.17 bits per heavy atom. The molecule has 7 heteroatoms. The number of sulfone groups is 1. The molecule has 3 rings (SSSR count). The van der Waals surface area contributed by atoms with Crippen LogP contribution in [0.3, 0.4) is 0 Å². The first-order valence-electron chi connectivity index (χ1n) is 7.81. The SMILES string of the molecule is Cc1ccccc1[C@H](NC(=O)N1CCS(=O)(=O)CC1)c1cccs1. The maximum Gasteiger partial charge on any atom is 0.318 e. The summed E-state index contributed by atoms with van der Waals surface area (Å²) in [6, 6.07) is 11.5. The molecule has 24 heavy (non-hydrogen) atoms. The molecular formula is C17H20N2O3S2. The third-order valence-corrected chi connectivity index (χ3v) is 6.77. The van der Waals surface area contributed by atoms with Gasteiger partial charge in [-0.15, -0.1) is 11.3 Å². The van der Waals surface area contributed by atoms with Gasteiger partial charge in [0.25, 0.3) is 0 Å². The van der Waals surface area contributed by atoms with Crippen molar-refractivity contribution in [2.75, 3.05) is 24.6 Å². The summed E-state index contributed by atoms with van der Waals surface area (Å²) in [7, 11) is -3.00. The van der Waals surface area contributed by atoms with Gasteiger partial charge >= 0.3 is 6.03 Å². The molecule has 1 N–H and O–H groups in total. The van der Waals surface area contributed by atoms with Gasteiger partial charge in [-0.3, -0.25) is 0 Å². The number of amides is 2. The van der Waals surface area contributed by atoms with Crippen LogP contribution in [0, 0.1) is 6.92 Å². The van der Waals surface area contributed by atoms with Crippen molar-refractivity contribution in [3.8, 4) is 0 Å². The highest BCUT2D eigenvalue weighted by Crippen LogP contribution is 2.28. The summed E-state index contributed by atoms with van der Waals surface area (Å²) in [5, 5.41) is 5.06. The average molecular weight is 364 g/mol. The standard InChI is InChI=1S/C17H20N2O3S2/c1-13-5-2-3-6-14(13)16(15-7-4-10-23-15)18-17(20)19-8-11-24(21,22)12-9-19/h2-7,10,16H,8-9,11-12H2,1H3,(H,18,20)/t16-/m0/s1. The van der Waals surface area contributed by atoms with Crippen LogP contribution >= 0.6 is 11.3 Å². The molecule has 1 fully saturated rings. The summed E-state index contributed by atoms with van der Waals surface area (Å²) in [5.41, 5.74) is 2.16. The summed E-state index contributed by atoms with van der Waals surface area (Å²) in [6.45, 7) is 2.52. The van der Waals surface area contributed by atoms with Crippen molar-refractivity contribution >= 4 is 27.2 Å². The zero-order valence-electron chi connectivity index (χ0n) is 13.4. The zero-order valence-corrected chi connectivity index (χ0v) is 15.1. The van der Waals surface area contributed by atoms with Gasteiger partial charge in [-0.25, -0.2) is 13.2 Å². The summed E-state index contributed by atoms with van der Waals surface area (Å²) in [4.78, 5) is 15.3. The van der Waals surface area contributed by atoms with Gasteiger partial charge in [0.05, 0.1) is 17.5 Å². The highest BCUT2D eigenvalue weighted by atomic mass is 32.2. The number of hydrogen-bond acceptors (Lipinski definition) is 4. The second-order valence-corrected chi connectivity index (χ2v) is 9.18. The van der Waals surface area contributed by atoms with E-state index in [1.54, 1.807) is 16.2 Å². The molecule has 0 bridgehead atoms. The van der Waals surface area contributed by atoms with E-state index in [9.17, 15) is 13.2 Å². The Morgan fingerprint density at radius 2 is 1.88 bits per heavy atom. The molecule has 1 aliphatic rings. The Morgan fingerprint density at radius 3 is 2.50 bits per heavy atom. The van der Waals surface area contributed by atoms with Crippen molar-refractivity contribution in [3.63, 3.8) is 0 Å². The Kier molecular flexibility index (Phi) is 4.91. The number of aryl methyl sites for hydroxylation is 1. The van der Waals surface area contributed by atoms with Crippen LogP contribution in [0.1, 0.15) is 22.0 Å². The Labute approximate surface area is 146 Å². The minimum atomic E-state index is -3.00. The van der Waals surface area contributed by atoms with Crippen molar-refractivity contribution in [1.82, 2.24) is 10.2 Å². The Hall–Kier alpha value is -1.86. The molecule has 2 heterocycles. The zero-order chi connectivity index (χ0) is 17.2. The number of carbonyl (C=O) groups excluding carboxylic acids is 1. The van der Waals surface area contributed by atoms with Crippen LogP contribution in [-0.4, -0.2) is 43.9 Å². The molecule has 0 aliphatic carbocycles. The van der Waals surface area contributed by atoms with Gasteiger partial charge in [0.15, 0.2) is 9.84 Å². The largest absolute Gasteiger partial charge is 0.326 e. The first kappa shape index (κ1) is 17.0. The van der Waals surface area contributed by atoms with E-state index in [1.807, 2.05) is 48.7 Å². The lowest BCUT2D eigenvalue weighted by molar-refractivity contribution is 0.200. The lowest BCUT2D eigenvalue weighted by Crippen LogP contribution is -2.49. The summed E-state index contributed by atoms with van der Waals surface area (Å²) in [5.74, 6) is 0.0723. The maximum absolute atomic E-state index is 12.6. The van der Waals surface area contributed by atoms with Crippen LogP contribution in [0.2, 0.25) is 0 Å². The molecule has 2 aromatic rings. The van der Waals surface area contributed by atoms with Gasteiger partial charge in [-0.1, -0.05) is 30.3 Å². The predicted molar refractivity (Wildman–Crippen MR) is 96.1 cm³/mol. The van der Waals surface area contributed by atoms with Crippen molar-refractivity contribution < 1.29 is 13.2 Å². The molecule has 1 aromatic heterocycles. The van der Waals surface area contributed by atoms with Crippen LogP contribution in [0.4, 0.5) is 4.79 Å². The molecule has 0 saturated carbocycles. The van der Waals surface area contributed by atoms with Crippen molar-refractivity contribution in [3.05, 3.63) is 57.8 Å². The second kappa shape index (κ2) is 6.94. The summed E-state index contributed by atoms with van der Waals surface area (Å²) in [6.07, 6.45) is 0. The monoisotopic (exact) mass is 364 g/mol. The maximum atomic E-state index is 12.6. The molecule has 0 radical (unpaired) electrons. The van der Waals surface area contributed by atoms with Crippen LogP contribution in [-0.2, 0) is 9.84 Å². The Balaban J connectivity index is 1.80. The molecule has 0 spiro atoms. The molecule has 128 valence electrons. The average Bonchev–Trinajstić information content (AvgIpc) is 3.07. The number of carbonyl (C=O) groups is 1. The van der Waals surface area contributed by atoms with Crippen LogP contribution < -0.4 is 5.32 Å². The van der Waals surface area contributed by atoms with E-state index in [2.05, 4.69) is 5.32 Å². The van der Waals surface area contributed by atoms with E-state index in [4.69, 9.17) is 0 Å². The number of nitrogens with one attached hydrogen (secondary N) is 1. The van der Waals surface area contributed by atoms with Crippen molar-refractivity contribution in [2.45, 2.75) is 13.0 Å². The number of urea groups is 1. The number of benzene rings is 1. The van der Waals surface area contributed by atoms with Crippen molar-refractivity contribution in [1.29, 1.82) is 0 Å². The normalized spacial score (nSPS) is 18.1. The van der Waals surface area contributed by atoms with Crippen molar-refractivity contribution in [2.24, 2.45) is 0 Å². The van der Waals surface area contributed by atoms with E-state index < -0.39 is 9.84 Å². The van der Waals surface area contributed by atoms with Gasteiger partial charge in [0, 0.05) is 18.0 Å². The van der Waals surface area contributed by atoms with Gasteiger partial charge in [-0.2, -0.15) is 0 Å². The number of nitrogens with zero attached hydrogens (tertiary/aromatic N) is 1. The van der Waals surface area contributed by atoms with Crippen LogP contribution in [0.15, 0.2) is 41.8 Å². The van der Waals surface area contributed by atoms with Gasteiger partial charge in [0.1, 0.15) is 0 Å². The van der Waals surface area contributed by atoms with E-state index >= 15 is 0 Å². The lowest BCUT2D eigenvalue weighted by atomic mass is 10.00. The third kappa shape index (κ3) is 3.79. The molecule has 5 nitrogen and oxygen atoms in total. The second-order valence-electron chi connectivity index (χ2n) is 5.89. The van der Waals surface area contributed by atoms with E-state index in [0.717, 1.165) is 16.0 Å². The topological polar surface area (TPSA) is 66.5 Å². The molecule has 1 aromatic carbocycles. The van der Waals surface area contributed by atoms with Gasteiger partial charge in [0.2, 0.25) is 0 Å². The molecule has 1 saturated heterocycles. The molecule has 1 atom stereocenters. The summed E-state index contributed by atoms with van der Waals surface area (Å²) < 4.78 is 23.1. The summed E-state index contributed by atoms with van der Waals surface area (Å²) >= 11 is 1.59. The number of hydrogen-bond donors (Lipinski definition) is 1. The highest BCUT2D eigenvalue weighted by Gasteiger charge is 2.27. The molecule has 1 aliphatic heterocycles. The van der Waals surface area contributed by atoms with E-state index in [0.29, 0.717) is 0 Å². The quantitative estimate of drug-likeness (QED) is 0.910. The van der Waals surface area contributed by atoms with Gasteiger partial charge in [-0.05, 0) is 29.5 Å². The van der Waals surface area contributed by atoms with Crippen LogP contribution in [0.5, 0.6) is 0 Å². The smallest absolute Gasteiger partial charge is 0.318 e. The fourth-order valence-electron chi connectivity index (χ4n) is 2.80. The van der Waals surface area contributed by atoms with Crippen LogP contribution in [0.25, 0.3) is 0 Å². The molecule has 2 amide bonds. The first-order chi connectivity index (χ1) is 11.5. The predicted octanol–water partition coefficient (Wildman–Crippen LogP) is 2.59. The minimum absolute atomic E-state index is 0.0362. The van der Waals surface area contributed by atoms with E-state index in [1.165, 1.54) is 0 Å². The highest BCUT2D eigenvalue weighted by molar-refractivity contribution is 7.91. The first-order valence-corrected chi connectivity index (χ1v) is 10.5. The van der Waals surface area contributed by atoms with E-state index in [-0.39, 0.29) is 36.7 Å². The third-order valence-electron chi connectivity index (χ3n) is 4.23. The fourth-order valence-corrected chi connectivity index (χ4v) is 4.79. The molecule has 0 unspecified atom stereocenters.